The van der Waals surface area contributed by atoms with Crippen LogP contribution in [0.15, 0.2) is 0 Å². The summed E-state index contributed by atoms with van der Waals surface area (Å²) in [6.45, 7) is 2.23. The maximum atomic E-state index is 11.5. The molecule has 13 heavy (non-hydrogen) atoms. The van der Waals surface area contributed by atoms with Gasteiger partial charge in [-0.1, -0.05) is 0 Å². The summed E-state index contributed by atoms with van der Waals surface area (Å²) < 4.78 is 4.85. The summed E-state index contributed by atoms with van der Waals surface area (Å²) in [5, 5.41) is 2.85. The zero-order valence-corrected chi connectivity index (χ0v) is 8.38. The summed E-state index contributed by atoms with van der Waals surface area (Å²) in [5.74, 6) is 0.136. The van der Waals surface area contributed by atoms with Crippen molar-refractivity contribution in [3.63, 3.8) is 0 Å². The summed E-state index contributed by atoms with van der Waals surface area (Å²) in [4.78, 5) is 13.6. The molecule has 1 atom stereocenters. The fourth-order valence-corrected chi connectivity index (χ4v) is 1.64. The van der Waals surface area contributed by atoms with Crippen molar-refractivity contribution in [2.45, 2.75) is 18.9 Å². The second kappa shape index (κ2) is 5.19. The summed E-state index contributed by atoms with van der Waals surface area (Å²) in [6.07, 6.45) is 2.11. The van der Waals surface area contributed by atoms with E-state index in [4.69, 9.17) is 4.74 Å². The zero-order valence-electron chi connectivity index (χ0n) is 8.38. The van der Waals surface area contributed by atoms with Gasteiger partial charge in [0.1, 0.15) is 0 Å². The van der Waals surface area contributed by atoms with Gasteiger partial charge < -0.3 is 10.1 Å². The lowest BCUT2D eigenvalue weighted by Crippen LogP contribution is -2.42. The Morgan fingerprint density at radius 3 is 3.00 bits per heavy atom. The number of amides is 1. The maximum Gasteiger partial charge on any atom is 0.237 e. The number of likely N-dealkylation sites (tertiary alicyclic amines) is 1. The average molecular weight is 186 g/mol. The van der Waals surface area contributed by atoms with Gasteiger partial charge in [-0.3, -0.25) is 9.69 Å². The number of nitrogens with one attached hydrogen (secondary N) is 1. The van der Waals surface area contributed by atoms with Gasteiger partial charge in [-0.2, -0.15) is 0 Å². The lowest BCUT2D eigenvalue weighted by atomic mass is 10.2. The van der Waals surface area contributed by atoms with E-state index in [0.29, 0.717) is 13.2 Å². The molecule has 0 aromatic rings. The normalized spacial score (nSPS) is 23.4. The van der Waals surface area contributed by atoms with Crippen LogP contribution in [-0.2, 0) is 9.53 Å². The van der Waals surface area contributed by atoms with E-state index in [2.05, 4.69) is 10.2 Å². The van der Waals surface area contributed by atoms with Gasteiger partial charge in [0.15, 0.2) is 0 Å². The first-order valence-corrected chi connectivity index (χ1v) is 4.72. The largest absolute Gasteiger partial charge is 0.383 e. The highest BCUT2D eigenvalue weighted by atomic mass is 16.5. The van der Waals surface area contributed by atoms with Crippen molar-refractivity contribution < 1.29 is 9.53 Å². The lowest BCUT2D eigenvalue weighted by Gasteiger charge is -2.18. The summed E-state index contributed by atoms with van der Waals surface area (Å²) in [7, 11) is 3.63. The summed E-state index contributed by atoms with van der Waals surface area (Å²) in [5.41, 5.74) is 0. The highest BCUT2D eigenvalue weighted by Gasteiger charge is 2.26. The topological polar surface area (TPSA) is 41.6 Å². The summed E-state index contributed by atoms with van der Waals surface area (Å²) in [6, 6.07) is 0.0804. The first kappa shape index (κ1) is 10.5. The highest BCUT2D eigenvalue weighted by molar-refractivity contribution is 5.81. The predicted octanol–water partition coefficient (Wildman–Crippen LogP) is -0.157. The number of hydrogen-bond acceptors (Lipinski definition) is 3. The second-order valence-electron chi connectivity index (χ2n) is 3.42. The first-order chi connectivity index (χ1) is 6.25. The van der Waals surface area contributed by atoms with Crippen molar-refractivity contribution in [2.24, 2.45) is 0 Å². The molecule has 1 N–H and O–H groups in total. The predicted molar refractivity (Wildman–Crippen MR) is 50.5 cm³/mol. The Morgan fingerprint density at radius 1 is 1.69 bits per heavy atom. The average Bonchev–Trinajstić information content (AvgIpc) is 2.52. The number of hydrogen-bond donors (Lipinski definition) is 1. The minimum atomic E-state index is 0.0804. The molecule has 0 unspecified atom stereocenters. The van der Waals surface area contributed by atoms with Gasteiger partial charge in [-0.05, 0) is 26.4 Å². The molecule has 1 fully saturated rings. The molecule has 1 aliphatic heterocycles. The van der Waals surface area contributed by atoms with E-state index in [-0.39, 0.29) is 11.9 Å². The Labute approximate surface area is 79.2 Å². The fourth-order valence-electron chi connectivity index (χ4n) is 1.64. The zero-order chi connectivity index (χ0) is 9.68. The van der Waals surface area contributed by atoms with Crippen LogP contribution in [0.1, 0.15) is 12.8 Å². The molecule has 4 nitrogen and oxygen atoms in total. The number of ether oxygens (including phenoxy) is 1. The number of rotatable bonds is 4. The minimum Gasteiger partial charge on any atom is -0.383 e. The van der Waals surface area contributed by atoms with Crippen molar-refractivity contribution in [3.05, 3.63) is 0 Å². The van der Waals surface area contributed by atoms with E-state index in [1.165, 1.54) is 0 Å². The van der Waals surface area contributed by atoms with E-state index in [9.17, 15) is 4.79 Å². The van der Waals surface area contributed by atoms with Gasteiger partial charge in [0.25, 0.3) is 0 Å². The van der Waals surface area contributed by atoms with Crippen LogP contribution in [0.4, 0.5) is 0 Å². The molecule has 4 heteroatoms. The monoisotopic (exact) mass is 186 g/mol. The Balaban J connectivity index is 2.22. The molecule has 0 aromatic carbocycles. The van der Waals surface area contributed by atoms with Crippen molar-refractivity contribution in [2.75, 3.05) is 33.9 Å². The molecule has 1 aliphatic rings. The highest BCUT2D eigenvalue weighted by Crippen LogP contribution is 2.14. The van der Waals surface area contributed by atoms with Crippen molar-refractivity contribution in [1.29, 1.82) is 0 Å². The fraction of sp³-hybridized carbons (Fsp3) is 0.889. The van der Waals surface area contributed by atoms with E-state index in [0.717, 1.165) is 19.4 Å². The van der Waals surface area contributed by atoms with Crippen LogP contribution in [0.25, 0.3) is 0 Å². The molecular weight excluding hydrogens is 168 g/mol. The van der Waals surface area contributed by atoms with E-state index in [1.807, 2.05) is 7.05 Å². The number of likely N-dealkylation sites (N-methyl/N-ethyl adjacent to an activating group) is 1. The molecular formula is C9H18N2O2. The van der Waals surface area contributed by atoms with Gasteiger partial charge in [-0.15, -0.1) is 0 Å². The van der Waals surface area contributed by atoms with Crippen LogP contribution in [0, 0.1) is 0 Å². The van der Waals surface area contributed by atoms with Gasteiger partial charge in [0.05, 0.1) is 12.6 Å². The van der Waals surface area contributed by atoms with Crippen molar-refractivity contribution >= 4 is 5.91 Å². The molecule has 0 spiro atoms. The number of nitrogens with zero attached hydrogens (tertiary/aromatic N) is 1. The van der Waals surface area contributed by atoms with Gasteiger partial charge in [0, 0.05) is 13.7 Å². The maximum absolute atomic E-state index is 11.5. The van der Waals surface area contributed by atoms with E-state index < -0.39 is 0 Å². The van der Waals surface area contributed by atoms with E-state index >= 15 is 0 Å². The minimum absolute atomic E-state index is 0.0804. The molecule has 0 aromatic heterocycles. The number of methoxy groups -OCH3 is 1. The lowest BCUT2D eigenvalue weighted by molar-refractivity contribution is -0.125. The standard InChI is InChI=1S/C9H18N2O2/c1-11-6-3-4-8(11)9(12)10-5-7-13-2/h8H,3-7H2,1-2H3,(H,10,12)/t8-/m0/s1. The Morgan fingerprint density at radius 2 is 2.46 bits per heavy atom. The molecule has 1 rings (SSSR count). The third-order valence-corrected chi connectivity index (χ3v) is 2.43. The number of carbonyl (C=O) groups is 1. The molecule has 0 bridgehead atoms. The molecule has 0 radical (unpaired) electrons. The van der Waals surface area contributed by atoms with Gasteiger partial charge in [-0.25, -0.2) is 0 Å². The molecule has 0 saturated carbocycles. The van der Waals surface area contributed by atoms with Crippen LogP contribution in [0.3, 0.4) is 0 Å². The number of carbonyl (C=O) groups excluding carboxylic acids is 1. The quantitative estimate of drug-likeness (QED) is 0.620. The van der Waals surface area contributed by atoms with Crippen LogP contribution in [-0.4, -0.2) is 50.7 Å². The second-order valence-corrected chi connectivity index (χ2v) is 3.42. The van der Waals surface area contributed by atoms with Crippen LogP contribution < -0.4 is 5.32 Å². The first-order valence-electron chi connectivity index (χ1n) is 4.72. The van der Waals surface area contributed by atoms with Gasteiger partial charge >= 0.3 is 0 Å². The Hall–Kier alpha value is -0.610. The molecule has 76 valence electrons. The molecule has 0 aliphatic carbocycles. The molecule has 1 amide bonds. The van der Waals surface area contributed by atoms with Crippen LogP contribution in [0.2, 0.25) is 0 Å². The molecule has 1 saturated heterocycles. The van der Waals surface area contributed by atoms with Crippen molar-refractivity contribution in [3.8, 4) is 0 Å². The molecule has 1 heterocycles. The Kier molecular flexibility index (Phi) is 4.18. The third-order valence-electron chi connectivity index (χ3n) is 2.43. The van der Waals surface area contributed by atoms with E-state index in [1.54, 1.807) is 7.11 Å². The third kappa shape index (κ3) is 2.97. The van der Waals surface area contributed by atoms with Crippen LogP contribution in [0.5, 0.6) is 0 Å². The van der Waals surface area contributed by atoms with Crippen molar-refractivity contribution in [1.82, 2.24) is 10.2 Å². The SMILES string of the molecule is COCCNC(=O)[C@@H]1CCCN1C. The summed E-state index contributed by atoms with van der Waals surface area (Å²) >= 11 is 0. The van der Waals surface area contributed by atoms with Gasteiger partial charge in [0.2, 0.25) is 5.91 Å². The van der Waals surface area contributed by atoms with Crippen LogP contribution >= 0.6 is 0 Å². The Bertz CT molecular complexity index is 173. The smallest absolute Gasteiger partial charge is 0.237 e.